The zero-order valence-corrected chi connectivity index (χ0v) is 8.83. The van der Waals surface area contributed by atoms with Gasteiger partial charge in [-0.05, 0) is 37.8 Å². The van der Waals surface area contributed by atoms with Gasteiger partial charge in [0, 0.05) is 18.3 Å². The topological polar surface area (TPSA) is 34.1 Å². The summed E-state index contributed by atoms with van der Waals surface area (Å²) in [5, 5.41) is 3.29. The van der Waals surface area contributed by atoms with Crippen LogP contribution in [-0.2, 0) is 12.8 Å². The average molecular weight is 204 g/mol. The van der Waals surface area contributed by atoms with E-state index in [1.807, 2.05) is 6.07 Å². The highest BCUT2D eigenvalue weighted by atomic mass is 16.5. The molecule has 0 saturated carbocycles. The van der Waals surface area contributed by atoms with E-state index in [2.05, 4.69) is 16.4 Å². The third-order valence-corrected chi connectivity index (χ3v) is 3.21. The molecule has 1 aromatic heterocycles. The molecule has 80 valence electrons. The van der Waals surface area contributed by atoms with Crippen molar-refractivity contribution in [3.05, 3.63) is 23.4 Å². The summed E-state index contributed by atoms with van der Waals surface area (Å²) in [6, 6.07) is 4.19. The van der Waals surface area contributed by atoms with Gasteiger partial charge in [0.1, 0.15) is 6.10 Å². The molecule has 3 rings (SSSR count). The molecule has 1 fully saturated rings. The van der Waals surface area contributed by atoms with E-state index >= 15 is 0 Å². The summed E-state index contributed by atoms with van der Waals surface area (Å²) in [5.74, 6) is 0.810. The summed E-state index contributed by atoms with van der Waals surface area (Å²) in [7, 11) is 0. The fourth-order valence-electron chi connectivity index (χ4n) is 2.37. The van der Waals surface area contributed by atoms with Crippen molar-refractivity contribution in [1.29, 1.82) is 0 Å². The van der Waals surface area contributed by atoms with Crippen LogP contribution in [0.4, 0.5) is 0 Å². The molecule has 2 heterocycles. The highest BCUT2D eigenvalue weighted by Gasteiger charge is 2.18. The molecule has 2 aliphatic rings. The molecule has 0 aromatic carbocycles. The standard InChI is InChI=1S/C12H16N2O/c1-2-9-4-5-12(14-11(9)3-1)15-10-6-7-13-8-10/h4-5,10,13H,1-3,6-8H2. The van der Waals surface area contributed by atoms with Gasteiger partial charge in [-0.3, -0.25) is 0 Å². The van der Waals surface area contributed by atoms with E-state index in [0.717, 1.165) is 31.8 Å². The minimum absolute atomic E-state index is 0.317. The van der Waals surface area contributed by atoms with Gasteiger partial charge in [0.2, 0.25) is 5.88 Å². The number of pyridine rings is 1. The number of ether oxygens (including phenoxy) is 1. The van der Waals surface area contributed by atoms with Gasteiger partial charge in [-0.15, -0.1) is 0 Å². The van der Waals surface area contributed by atoms with E-state index < -0.39 is 0 Å². The summed E-state index contributed by atoms with van der Waals surface area (Å²) < 4.78 is 5.83. The normalized spacial score (nSPS) is 24.1. The minimum atomic E-state index is 0.317. The molecular formula is C12H16N2O. The lowest BCUT2D eigenvalue weighted by Gasteiger charge is -2.12. The Kier molecular flexibility index (Phi) is 2.33. The molecule has 0 radical (unpaired) electrons. The number of fused-ring (bicyclic) bond motifs is 1. The van der Waals surface area contributed by atoms with Crippen LogP contribution in [0.5, 0.6) is 5.88 Å². The van der Waals surface area contributed by atoms with Crippen molar-refractivity contribution in [3.63, 3.8) is 0 Å². The lowest BCUT2D eigenvalue weighted by Crippen LogP contribution is -2.20. The number of rotatable bonds is 2. The van der Waals surface area contributed by atoms with Crippen LogP contribution >= 0.6 is 0 Å². The van der Waals surface area contributed by atoms with E-state index in [-0.39, 0.29) is 0 Å². The van der Waals surface area contributed by atoms with E-state index in [1.165, 1.54) is 24.1 Å². The predicted octanol–water partition coefficient (Wildman–Crippen LogP) is 1.31. The zero-order valence-electron chi connectivity index (χ0n) is 8.83. The predicted molar refractivity (Wildman–Crippen MR) is 58.2 cm³/mol. The van der Waals surface area contributed by atoms with Crippen LogP contribution in [-0.4, -0.2) is 24.2 Å². The van der Waals surface area contributed by atoms with Gasteiger partial charge in [-0.1, -0.05) is 6.07 Å². The smallest absolute Gasteiger partial charge is 0.213 e. The Morgan fingerprint density at radius 3 is 3.20 bits per heavy atom. The fraction of sp³-hybridized carbons (Fsp3) is 0.583. The maximum absolute atomic E-state index is 5.83. The van der Waals surface area contributed by atoms with Crippen molar-refractivity contribution in [2.24, 2.45) is 0 Å². The summed E-state index contributed by atoms with van der Waals surface area (Å²) in [6.45, 7) is 2.02. The molecule has 1 N–H and O–H groups in total. The zero-order chi connectivity index (χ0) is 10.1. The Hall–Kier alpha value is -1.09. The molecule has 0 amide bonds. The lowest BCUT2D eigenvalue weighted by molar-refractivity contribution is 0.213. The fourth-order valence-corrected chi connectivity index (χ4v) is 2.37. The van der Waals surface area contributed by atoms with Crippen molar-refractivity contribution in [3.8, 4) is 5.88 Å². The van der Waals surface area contributed by atoms with Crippen LogP contribution in [0.2, 0.25) is 0 Å². The van der Waals surface area contributed by atoms with E-state index in [4.69, 9.17) is 4.74 Å². The van der Waals surface area contributed by atoms with Gasteiger partial charge < -0.3 is 10.1 Å². The van der Waals surface area contributed by atoms with Crippen LogP contribution < -0.4 is 10.1 Å². The number of nitrogens with zero attached hydrogens (tertiary/aromatic N) is 1. The van der Waals surface area contributed by atoms with E-state index in [0.29, 0.717) is 6.10 Å². The van der Waals surface area contributed by atoms with E-state index in [9.17, 15) is 0 Å². The largest absolute Gasteiger partial charge is 0.473 e. The Labute approximate surface area is 89.9 Å². The summed E-state index contributed by atoms with van der Waals surface area (Å²) in [5.41, 5.74) is 2.66. The molecule has 3 heteroatoms. The van der Waals surface area contributed by atoms with Crippen molar-refractivity contribution in [1.82, 2.24) is 10.3 Å². The molecule has 1 atom stereocenters. The third kappa shape index (κ3) is 1.84. The average Bonchev–Trinajstić information content (AvgIpc) is 2.87. The molecule has 3 nitrogen and oxygen atoms in total. The molecule has 0 spiro atoms. The second-order valence-corrected chi connectivity index (χ2v) is 4.34. The number of hydrogen-bond donors (Lipinski definition) is 1. The van der Waals surface area contributed by atoms with Gasteiger partial charge in [-0.25, -0.2) is 4.98 Å². The van der Waals surface area contributed by atoms with Crippen molar-refractivity contribution < 1.29 is 4.74 Å². The number of nitrogens with one attached hydrogen (secondary N) is 1. The summed E-state index contributed by atoms with van der Waals surface area (Å²) in [6.07, 6.45) is 4.97. The number of aromatic nitrogens is 1. The number of hydrogen-bond acceptors (Lipinski definition) is 3. The molecule has 15 heavy (non-hydrogen) atoms. The first-order chi connectivity index (χ1) is 7.42. The molecule has 1 aliphatic heterocycles. The van der Waals surface area contributed by atoms with Crippen LogP contribution in [0, 0.1) is 0 Å². The Morgan fingerprint density at radius 2 is 2.33 bits per heavy atom. The van der Waals surface area contributed by atoms with Crippen molar-refractivity contribution >= 4 is 0 Å². The Balaban J connectivity index is 1.75. The first-order valence-corrected chi connectivity index (χ1v) is 5.78. The molecule has 1 saturated heterocycles. The monoisotopic (exact) mass is 204 g/mol. The number of aryl methyl sites for hydroxylation is 2. The minimum Gasteiger partial charge on any atom is -0.473 e. The van der Waals surface area contributed by atoms with Gasteiger partial charge in [0.25, 0.3) is 0 Å². The Bertz CT molecular complexity index is 359. The highest BCUT2D eigenvalue weighted by Crippen LogP contribution is 2.23. The first-order valence-electron chi connectivity index (χ1n) is 5.78. The lowest BCUT2D eigenvalue weighted by atomic mass is 10.2. The highest BCUT2D eigenvalue weighted by molar-refractivity contribution is 5.29. The van der Waals surface area contributed by atoms with Crippen LogP contribution in [0.1, 0.15) is 24.1 Å². The SMILES string of the molecule is c1cc2c(nc1OC1CCNC1)CCC2. The molecule has 1 aliphatic carbocycles. The molecule has 1 unspecified atom stereocenters. The second kappa shape index (κ2) is 3.81. The van der Waals surface area contributed by atoms with Gasteiger partial charge in [-0.2, -0.15) is 0 Å². The quantitative estimate of drug-likeness (QED) is 0.788. The van der Waals surface area contributed by atoms with Crippen molar-refractivity contribution in [2.45, 2.75) is 31.8 Å². The molecule has 1 aromatic rings. The van der Waals surface area contributed by atoms with Crippen LogP contribution in [0.3, 0.4) is 0 Å². The van der Waals surface area contributed by atoms with Crippen molar-refractivity contribution in [2.75, 3.05) is 13.1 Å². The molecule has 0 bridgehead atoms. The van der Waals surface area contributed by atoms with Crippen LogP contribution in [0.15, 0.2) is 12.1 Å². The van der Waals surface area contributed by atoms with E-state index in [1.54, 1.807) is 0 Å². The second-order valence-electron chi connectivity index (χ2n) is 4.34. The third-order valence-electron chi connectivity index (χ3n) is 3.21. The summed E-state index contributed by atoms with van der Waals surface area (Å²) in [4.78, 5) is 4.57. The van der Waals surface area contributed by atoms with Gasteiger partial charge in [0.05, 0.1) is 0 Å². The van der Waals surface area contributed by atoms with Crippen LogP contribution in [0.25, 0.3) is 0 Å². The van der Waals surface area contributed by atoms with Gasteiger partial charge >= 0.3 is 0 Å². The first kappa shape index (κ1) is 9.16. The Morgan fingerprint density at radius 1 is 1.33 bits per heavy atom. The maximum atomic E-state index is 5.83. The molecular weight excluding hydrogens is 188 g/mol. The maximum Gasteiger partial charge on any atom is 0.213 e. The summed E-state index contributed by atoms with van der Waals surface area (Å²) >= 11 is 0. The van der Waals surface area contributed by atoms with Gasteiger partial charge in [0.15, 0.2) is 0 Å².